The number of carboxylic acid groups (broad SMARTS) is 1. The second-order valence-corrected chi connectivity index (χ2v) is 6.43. The number of aryl methyl sites for hydroxylation is 1. The predicted octanol–water partition coefficient (Wildman–Crippen LogP) is 2.12. The van der Waals surface area contributed by atoms with Crippen molar-refractivity contribution in [3.05, 3.63) is 23.8 Å². The van der Waals surface area contributed by atoms with Crippen LogP contribution in [0, 0.1) is 5.92 Å². The van der Waals surface area contributed by atoms with Crippen LogP contribution >= 0.6 is 0 Å². The number of aliphatic carboxylic acids is 1. The fourth-order valence-electron chi connectivity index (χ4n) is 3.39. The zero-order valence-corrected chi connectivity index (χ0v) is 13.7. The normalized spacial score (nSPS) is 21.9. The summed E-state index contributed by atoms with van der Waals surface area (Å²) in [5.41, 5.74) is 1.98. The highest BCUT2D eigenvalue weighted by molar-refractivity contribution is 5.97. The molecule has 7 heteroatoms. The molecule has 1 amide bonds. The number of nitrogens with zero attached hydrogens (tertiary/aromatic N) is 3. The molecule has 1 heterocycles. The van der Waals surface area contributed by atoms with Gasteiger partial charge in [0.2, 0.25) is 0 Å². The first-order chi connectivity index (χ1) is 11.6. The van der Waals surface area contributed by atoms with E-state index in [-0.39, 0.29) is 11.9 Å². The van der Waals surface area contributed by atoms with E-state index in [0.717, 1.165) is 31.2 Å². The smallest absolute Gasteiger partial charge is 0.308 e. The summed E-state index contributed by atoms with van der Waals surface area (Å²) in [5, 5.41) is 20.4. The molecule has 1 aromatic carbocycles. The number of amides is 1. The highest BCUT2D eigenvalue weighted by Crippen LogP contribution is 2.24. The predicted molar refractivity (Wildman–Crippen MR) is 88.6 cm³/mol. The van der Waals surface area contributed by atoms with Crippen LogP contribution < -0.4 is 5.32 Å². The molecule has 1 aromatic heterocycles. The van der Waals surface area contributed by atoms with Gasteiger partial charge in [0.15, 0.2) is 0 Å². The molecule has 7 nitrogen and oxygen atoms in total. The average molecular weight is 330 g/mol. The third-order valence-corrected chi connectivity index (χ3v) is 4.77. The van der Waals surface area contributed by atoms with Gasteiger partial charge in [0.1, 0.15) is 5.52 Å². The molecule has 1 saturated carbocycles. The number of carbonyl (C=O) groups excluding carboxylic acids is 1. The molecular formula is C17H22N4O3. The molecule has 0 saturated heterocycles. The van der Waals surface area contributed by atoms with Gasteiger partial charge in [0.25, 0.3) is 5.91 Å². The van der Waals surface area contributed by atoms with Crippen LogP contribution in [0.5, 0.6) is 0 Å². The van der Waals surface area contributed by atoms with E-state index in [4.69, 9.17) is 0 Å². The lowest BCUT2D eigenvalue weighted by molar-refractivity contribution is -0.143. The molecule has 2 N–H and O–H groups in total. The van der Waals surface area contributed by atoms with Crippen molar-refractivity contribution in [3.8, 4) is 0 Å². The van der Waals surface area contributed by atoms with Crippen LogP contribution in [0.25, 0.3) is 11.0 Å². The van der Waals surface area contributed by atoms with Crippen LogP contribution in [0.2, 0.25) is 0 Å². The Morgan fingerprint density at radius 3 is 2.71 bits per heavy atom. The first-order valence-electron chi connectivity index (χ1n) is 8.39. The molecule has 128 valence electrons. The maximum atomic E-state index is 12.6. The topological polar surface area (TPSA) is 97.1 Å². The Labute approximate surface area is 140 Å². The lowest BCUT2D eigenvalue weighted by Crippen LogP contribution is -2.43. The van der Waals surface area contributed by atoms with E-state index in [1.165, 1.54) is 0 Å². The fourth-order valence-corrected chi connectivity index (χ4v) is 3.39. The maximum absolute atomic E-state index is 12.6. The molecule has 0 bridgehead atoms. The second kappa shape index (κ2) is 6.98. The van der Waals surface area contributed by atoms with Crippen LogP contribution in [-0.2, 0) is 11.8 Å². The van der Waals surface area contributed by atoms with Gasteiger partial charge in [-0.15, -0.1) is 5.10 Å². The number of fused-ring (bicyclic) bond motifs is 1. The van der Waals surface area contributed by atoms with E-state index in [1.54, 1.807) is 29.9 Å². The zero-order valence-electron chi connectivity index (χ0n) is 13.7. The Morgan fingerprint density at radius 2 is 1.96 bits per heavy atom. The lowest BCUT2D eigenvalue weighted by atomic mass is 9.86. The Balaban J connectivity index is 1.78. The lowest BCUT2D eigenvalue weighted by Gasteiger charge is -2.27. The number of carboxylic acids is 1. The fraction of sp³-hybridized carbons (Fsp3) is 0.529. The van der Waals surface area contributed by atoms with Gasteiger partial charge in [-0.3, -0.25) is 9.59 Å². The highest BCUT2D eigenvalue weighted by atomic mass is 16.4. The number of benzene rings is 1. The average Bonchev–Trinajstić information content (AvgIpc) is 2.90. The van der Waals surface area contributed by atoms with Crippen LogP contribution in [0.1, 0.15) is 48.9 Å². The Bertz CT molecular complexity index is 755. The zero-order chi connectivity index (χ0) is 17.1. The van der Waals surface area contributed by atoms with Crippen LogP contribution in [0.3, 0.4) is 0 Å². The molecule has 2 unspecified atom stereocenters. The minimum absolute atomic E-state index is 0.251. The summed E-state index contributed by atoms with van der Waals surface area (Å²) >= 11 is 0. The van der Waals surface area contributed by atoms with Gasteiger partial charge in [0, 0.05) is 18.7 Å². The maximum Gasteiger partial charge on any atom is 0.308 e. The molecule has 0 radical (unpaired) electrons. The number of rotatable bonds is 3. The minimum atomic E-state index is -0.827. The summed E-state index contributed by atoms with van der Waals surface area (Å²) in [6.45, 7) is 0. The van der Waals surface area contributed by atoms with Gasteiger partial charge in [-0.05, 0) is 31.0 Å². The van der Waals surface area contributed by atoms with Gasteiger partial charge >= 0.3 is 5.97 Å². The van der Waals surface area contributed by atoms with Crippen molar-refractivity contribution in [2.45, 2.75) is 44.6 Å². The van der Waals surface area contributed by atoms with Crippen molar-refractivity contribution in [2.24, 2.45) is 13.0 Å². The minimum Gasteiger partial charge on any atom is -0.481 e. The quantitative estimate of drug-likeness (QED) is 0.898. The van der Waals surface area contributed by atoms with E-state index >= 15 is 0 Å². The van der Waals surface area contributed by atoms with Crippen LogP contribution in [0.15, 0.2) is 18.2 Å². The summed E-state index contributed by atoms with van der Waals surface area (Å²) in [4.78, 5) is 24.1. The molecule has 2 aromatic rings. The standard InChI is InChI=1S/C17H22N4O3/c1-21-15-9-8-11(10-14(15)19-20-21)16(22)18-13-7-5-3-2-4-6-12(13)17(23)24/h8-10,12-13H,2-7H2,1H3,(H,18,22)(H,23,24). The Morgan fingerprint density at radius 1 is 1.21 bits per heavy atom. The first-order valence-corrected chi connectivity index (χ1v) is 8.39. The van der Waals surface area contributed by atoms with Crippen molar-refractivity contribution in [2.75, 3.05) is 0 Å². The van der Waals surface area contributed by atoms with E-state index in [9.17, 15) is 14.7 Å². The summed E-state index contributed by atoms with van der Waals surface area (Å²) in [6.07, 6.45) is 5.31. The largest absolute Gasteiger partial charge is 0.481 e. The first kappa shape index (κ1) is 16.4. The molecule has 3 rings (SSSR count). The molecule has 1 aliphatic rings. The van der Waals surface area contributed by atoms with E-state index in [1.807, 2.05) is 0 Å². The van der Waals surface area contributed by atoms with Gasteiger partial charge in [-0.25, -0.2) is 4.68 Å². The third-order valence-electron chi connectivity index (χ3n) is 4.77. The number of aromatic nitrogens is 3. The summed E-state index contributed by atoms with van der Waals surface area (Å²) in [5.74, 6) is -1.60. The molecule has 24 heavy (non-hydrogen) atoms. The molecule has 1 fully saturated rings. The van der Waals surface area contributed by atoms with E-state index in [2.05, 4.69) is 15.6 Å². The van der Waals surface area contributed by atoms with Gasteiger partial charge in [0.05, 0.1) is 11.4 Å². The molecule has 0 aliphatic heterocycles. The van der Waals surface area contributed by atoms with E-state index in [0.29, 0.717) is 23.9 Å². The SMILES string of the molecule is Cn1nnc2cc(C(=O)NC3CCCCCCC3C(=O)O)ccc21. The van der Waals surface area contributed by atoms with Crippen LogP contribution in [0.4, 0.5) is 0 Å². The Hall–Kier alpha value is -2.44. The molecular weight excluding hydrogens is 308 g/mol. The number of hydrogen-bond acceptors (Lipinski definition) is 4. The third kappa shape index (κ3) is 3.39. The second-order valence-electron chi connectivity index (χ2n) is 6.43. The highest BCUT2D eigenvalue weighted by Gasteiger charge is 2.30. The monoisotopic (exact) mass is 330 g/mol. The van der Waals surface area contributed by atoms with Crippen molar-refractivity contribution in [3.63, 3.8) is 0 Å². The summed E-state index contributed by atoms with van der Waals surface area (Å²) in [7, 11) is 1.79. The molecule has 2 atom stereocenters. The number of nitrogens with one attached hydrogen (secondary N) is 1. The Kier molecular flexibility index (Phi) is 4.78. The molecule has 1 aliphatic carbocycles. The number of carbonyl (C=O) groups is 2. The summed E-state index contributed by atoms with van der Waals surface area (Å²) < 4.78 is 1.65. The van der Waals surface area contributed by atoms with E-state index < -0.39 is 11.9 Å². The van der Waals surface area contributed by atoms with Gasteiger partial charge in [-0.2, -0.15) is 0 Å². The van der Waals surface area contributed by atoms with Gasteiger partial charge < -0.3 is 10.4 Å². The van der Waals surface area contributed by atoms with Crippen molar-refractivity contribution >= 4 is 22.9 Å². The number of hydrogen-bond donors (Lipinski definition) is 2. The summed E-state index contributed by atoms with van der Waals surface area (Å²) in [6, 6.07) is 4.89. The van der Waals surface area contributed by atoms with Crippen molar-refractivity contribution < 1.29 is 14.7 Å². The van der Waals surface area contributed by atoms with Gasteiger partial charge in [-0.1, -0.05) is 30.9 Å². The molecule has 0 spiro atoms. The van der Waals surface area contributed by atoms with Crippen molar-refractivity contribution in [1.82, 2.24) is 20.3 Å². The van der Waals surface area contributed by atoms with Crippen LogP contribution in [-0.4, -0.2) is 38.0 Å². The van der Waals surface area contributed by atoms with Crippen molar-refractivity contribution in [1.29, 1.82) is 0 Å².